The Kier molecular flexibility index (Phi) is 3.83. The van der Waals surface area contributed by atoms with E-state index in [1.807, 2.05) is 23.0 Å². The van der Waals surface area contributed by atoms with Crippen molar-refractivity contribution in [3.05, 3.63) is 41.6 Å². The molecule has 0 radical (unpaired) electrons. The summed E-state index contributed by atoms with van der Waals surface area (Å²) in [6, 6.07) is 9.76. The molecule has 1 saturated carbocycles. The maximum atomic E-state index is 11.3. The molecule has 0 unspecified atom stereocenters. The number of hydrogen-bond acceptors (Lipinski definition) is 3. The van der Waals surface area contributed by atoms with Gasteiger partial charge in [0.05, 0.1) is 23.2 Å². The van der Waals surface area contributed by atoms with E-state index in [4.69, 9.17) is 5.26 Å². The van der Waals surface area contributed by atoms with Crippen LogP contribution in [0.1, 0.15) is 54.1 Å². The Morgan fingerprint density at radius 3 is 2.81 bits per heavy atom. The number of hydrogen-bond donors (Lipinski definition) is 0. The van der Waals surface area contributed by atoms with Crippen LogP contribution in [0.4, 0.5) is 0 Å². The zero-order valence-corrected chi connectivity index (χ0v) is 11.8. The minimum atomic E-state index is 0.394. The molecule has 1 fully saturated rings. The van der Waals surface area contributed by atoms with Gasteiger partial charge in [-0.15, -0.1) is 0 Å². The molecular formula is C17H17N3O. The third-order valence-corrected chi connectivity index (χ3v) is 4.10. The molecule has 1 aromatic heterocycles. The summed E-state index contributed by atoms with van der Waals surface area (Å²) in [7, 11) is 0. The van der Waals surface area contributed by atoms with Gasteiger partial charge in [-0.3, -0.25) is 9.48 Å². The second kappa shape index (κ2) is 5.92. The summed E-state index contributed by atoms with van der Waals surface area (Å²) in [5, 5.41) is 13.6. The Morgan fingerprint density at radius 2 is 2.10 bits per heavy atom. The number of nitriles is 1. The first-order valence-corrected chi connectivity index (χ1v) is 7.36. The number of nitrogens with zero attached hydrogens (tertiary/aromatic N) is 3. The lowest BCUT2D eigenvalue weighted by Gasteiger charge is -2.21. The topological polar surface area (TPSA) is 58.7 Å². The van der Waals surface area contributed by atoms with Crippen molar-refractivity contribution in [2.45, 2.75) is 38.1 Å². The van der Waals surface area contributed by atoms with Crippen LogP contribution >= 0.6 is 0 Å². The van der Waals surface area contributed by atoms with Crippen molar-refractivity contribution in [2.75, 3.05) is 0 Å². The van der Waals surface area contributed by atoms with Crippen LogP contribution in [-0.4, -0.2) is 16.1 Å². The number of benzene rings is 1. The van der Waals surface area contributed by atoms with Crippen LogP contribution in [-0.2, 0) is 0 Å². The summed E-state index contributed by atoms with van der Waals surface area (Å²) in [6.45, 7) is 0. The van der Waals surface area contributed by atoms with Gasteiger partial charge < -0.3 is 0 Å². The molecule has 4 nitrogen and oxygen atoms in total. The predicted octanol–water partition coefficient (Wildman–Crippen LogP) is 3.74. The van der Waals surface area contributed by atoms with E-state index < -0.39 is 0 Å². The minimum Gasteiger partial charge on any atom is -0.298 e. The minimum absolute atomic E-state index is 0.394. The molecule has 0 bridgehead atoms. The van der Waals surface area contributed by atoms with E-state index in [0.717, 1.165) is 24.7 Å². The number of aldehydes is 1. The first-order chi connectivity index (χ1) is 10.3. The maximum Gasteiger partial charge on any atom is 0.153 e. The van der Waals surface area contributed by atoms with Gasteiger partial charge in [-0.2, -0.15) is 10.4 Å². The van der Waals surface area contributed by atoms with Gasteiger partial charge in [0.25, 0.3) is 0 Å². The monoisotopic (exact) mass is 279 g/mol. The number of carbonyl (C=O) groups is 1. The van der Waals surface area contributed by atoms with Crippen molar-refractivity contribution in [3.8, 4) is 17.3 Å². The molecule has 1 aliphatic carbocycles. The van der Waals surface area contributed by atoms with E-state index in [2.05, 4.69) is 11.2 Å². The molecule has 21 heavy (non-hydrogen) atoms. The van der Waals surface area contributed by atoms with E-state index in [0.29, 0.717) is 22.9 Å². The molecule has 0 aliphatic heterocycles. The van der Waals surface area contributed by atoms with Crippen molar-refractivity contribution in [3.63, 3.8) is 0 Å². The predicted molar refractivity (Wildman–Crippen MR) is 79.9 cm³/mol. The van der Waals surface area contributed by atoms with Gasteiger partial charge in [-0.25, -0.2) is 0 Å². The summed E-state index contributed by atoms with van der Waals surface area (Å²) in [4.78, 5) is 11.3. The standard InChI is InChI=1S/C17H17N3O/c18-10-13-5-4-6-14(9-13)17-15(12-21)11-20(19-17)16-7-2-1-3-8-16/h4-6,9,11-12,16H,1-3,7-8H2. The molecule has 1 heterocycles. The van der Waals surface area contributed by atoms with Crippen molar-refractivity contribution < 1.29 is 4.79 Å². The number of rotatable bonds is 3. The molecule has 1 aliphatic rings. The molecule has 0 amide bonds. The van der Waals surface area contributed by atoms with Crippen LogP contribution in [0, 0.1) is 11.3 Å². The highest BCUT2D eigenvalue weighted by Crippen LogP contribution is 2.30. The number of aromatic nitrogens is 2. The van der Waals surface area contributed by atoms with Crippen molar-refractivity contribution in [1.29, 1.82) is 5.26 Å². The zero-order valence-electron chi connectivity index (χ0n) is 11.8. The second-order valence-electron chi connectivity index (χ2n) is 5.52. The first kappa shape index (κ1) is 13.6. The van der Waals surface area contributed by atoms with Crippen LogP contribution in [0.15, 0.2) is 30.5 Å². The highest BCUT2D eigenvalue weighted by atomic mass is 16.1. The normalized spacial score (nSPS) is 15.6. The van der Waals surface area contributed by atoms with Crippen LogP contribution in [0.3, 0.4) is 0 Å². The Hall–Kier alpha value is -2.41. The Morgan fingerprint density at radius 1 is 1.29 bits per heavy atom. The summed E-state index contributed by atoms with van der Waals surface area (Å²) in [5.74, 6) is 0. The zero-order chi connectivity index (χ0) is 14.7. The average Bonchev–Trinajstić information content (AvgIpc) is 3.00. The Balaban J connectivity index is 1.99. The highest BCUT2D eigenvalue weighted by Gasteiger charge is 2.19. The van der Waals surface area contributed by atoms with E-state index in [1.165, 1.54) is 19.3 Å². The molecule has 106 valence electrons. The van der Waals surface area contributed by atoms with Crippen LogP contribution in [0.5, 0.6) is 0 Å². The molecule has 0 saturated heterocycles. The van der Waals surface area contributed by atoms with E-state index >= 15 is 0 Å². The van der Waals surface area contributed by atoms with Gasteiger partial charge in [-0.1, -0.05) is 31.4 Å². The third-order valence-electron chi connectivity index (χ3n) is 4.10. The van der Waals surface area contributed by atoms with Crippen molar-refractivity contribution in [2.24, 2.45) is 0 Å². The smallest absolute Gasteiger partial charge is 0.153 e. The van der Waals surface area contributed by atoms with Crippen LogP contribution < -0.4 is 0 Å². The van der Waals surface area contributed by atoms with Gasteiger partial charge in [0.1, 0.15) is 5.69 Å². The molecule has 2 aromatic rings. The maximum absolute atomic E-state index is 11.3. The average molecular weight is 279 g/mol. The van der Waals surface area contributed by atoms with Crippen LogP contribution in [0.25, 0.3) is 11.3 Å². The highest BCUT2D eigenvalue weighted by molar-refractivity contribution is 5.85. The Bertz CT molecular complexity index is 690. The quantitative estimate of drug-likeness (QED) is 0.804. The molecule has 3 rings (SSSR count). The molecule has 4 heteroatoms. The Labute approximate surface area is 124 Å². The van der Waals surface area contributed by atoms with Gasteiger partial charge in [0.2, 0.25) is 0 Å². The fourth-order valence-corrected chi connectivity index (χ4v) is 2.99. The summed E-state index contributed by atoms with van der Waals surface area (Å²) in [5.41, 5.74) is 2.67. The van der Waals surface area contributed by atoms with Crippen LogP contribution in [0.2, 0.25) is 0 Å². The van der Waals surface area contributed by atoms with E-state index in [-0.39, 0.29) is 0 Å². The molecule has 1 aromatic carbocycles. The summed E-state index contributed by atoms with van der Waals surface area (Å²) < 4.78 is 1.94. The van der Waals surface area contributed by atoms with Gasteiger partial charge in [-0.05, 0) is 25.0 Å². The third kappa shape index (κ3) is 2.73. The van der Waals surface area contributed by atoms with Crippen molar-refractivity contribution >= 4 is 6.29 Å². The van der Waals surface area contributed by atoms with Crippen molar-refractivity contribution in [1.82, 2.24) is 9.78 Å². The summed E-state index contributed by atoms with van der Waals surface area (Å²) in [6.07, 6.45) is 8.67. The lowest BCUT2D eigenvalue weighted by atomic mass is 9.96. The second-order valence-corrected chi connectivity index (χ2v) is 5.52. The molecule has 0 spiro atoms. The first-order valence-electron chi connectivity index (χ1n) is 7.36. The largest absolute Gasteiger partial charge is 0.298 e. The van der Waals surface area contributed by atoms with E-state index in [1.54, 1.807) is 12.1 Å². The van der Waals surface area contributed by atoms with Gasteiger partial charge >= 0.3 is 0 Å². The molecule has 0 N–H and O–H groups in total. The van der Waals surface area contributed by atoms with Gasteiger partial charge in [0.15, 0.2) is 6.29 Å². The fraction of sp³-hybridized carbons (Fsp3) is 0.353. The molecular weight excluding hydrogens is 262 g/mol. The molecule has 0 atom stereocenters. The SMILES string of the molecule is N#Cc1cccc(-c2nn(C3CCCCC3)cc2C=O)c1. The lowest BCUT2D eigenvalue weighted by molar-refractivity contribution is 0.112. The lowest BCUT2D eigenvalue weighted by Crippen LogP contribution is -2.13. The van der Waals surface area contributed by atoms with E-state index in [9.17, 15) is 4.79 Å². The fourth-order valence-electron chi connectivity index (χ4n) is 2.99. The number of carbonyl (C=O) groups excluding carboxylic acids is 1. The van der Waals surface area contributed by atoms with Gasteiger partial charge in [0, 0.05) is 11.8 Å². The summed E-state index contributed by atoms with van der Waals surface area (Å²) >= 11 is 0.